The van der Waals surface area contributed by atoms with Crippen LogP contribution in [0.1, 0.15) is 12.5 Å². The highest BCUT2D eigenvalue weighted by Crippen LogP contribution is 2.31. The normalized spacial score (nSPS) is 15.7. The van der Waals surface area contributed by atoms with E-state index >= 15 is 0 Å². The molecule has 1 aliphatic heterocycles. The molecule has 122 valence electrons. The lowest BCUT2D eigenvalue weighted by atomic mass is 10.2. The van der Waals surface area contributed by atoms with Crippen LogP contribution in [0.5, 0.6) is 11.6 Å². The average Bonchev–Trinajstić information content (AvgIpc) is 2.58. The summed E-state index contributed by atoms with van der Waals surface area (Å²) in [6, 6.07) is 7.98. The maximum absolute atomic E-state index is 6.25. The van der Waals surface area contributed by atoms with E-state index in [4.69, 9.17) is 10.5 Å². The monoisotopic (exact) mass is 313 g/mol. The minimum Gasteiger partial charge on any atom is -0.437 e. The highest BCUT2D eigenvalue weighted by atomic mass is 16.5. The fourth-order valence-corrected chi connectivity index (χ4v) is 2.63. The Hall–Kier alpha value is -2.34. The number of aryl methyl sites for hydroxylation is 1. The van der Waals surface area contributed by atoms with E-state index in [1.165, 1.54) is 11.9 Å². The Bertz CT molecular complexity index is 651. The lowest BCUT2D eigenvalue weighted by Gasteiger charge is -2.33. The van der Waals surface area contributed by atoms with Crippen molar-refractivity contribution in [2.75, 3.05) is 43.9 Å². The number of piperazine rings is 1. The van der Waals surface area contributed by atoms with Gasteiger partial charge in [0.25, 0.3) is 0 Å². The van der Waals surface area contributed by atoms with Gasteiger partial charge in [0.2, 0.25) is 5.88 Å². The molecule has 1 fully saturated rings. The molecule has 2 aromatic rings. The molecule has 0 saturated carbocycles. The van der Waals surface area contributed by atoms with Crippen molar-refractivity contribution < 1.29 is 4.74 Å². The van der Waals surface area contributed by atoms with Crippen LogP contribution >= 0.6 is 0 Å². The molecule has 3 rings (SSSR count). The molecule has 2 heterocycles. The zero-order chi connectivity index (χ0) is 16.2. The Labute approximate surface area is 136 Å². The molecule has 6 nitrogen and oxygen atoms in total. The van der Waals surface area contributed by atoms with E-state index < -0.39 is 0 Å². The minimum atomic E-state index is 0.415. The Balaban J connectivity index is 1.78. The number of aromatic nitrogens is 2. The van der Waals surface area contributed by atoms with Crippen LogP contribution in [-0.2, 0) is 6.42 Å². The molecule has 6 heteroatoms. The smallest absolute Gasteiger partial charge is 0.248 e. The molecule has 1 aliphatic rings. The number of ether oxygens (including phenoxy) is 1. The van der Waals surface area contributed by atoms with E-state index in [-0.39, 0.29) is 0 Å². The van der Waals surface area contributed by atoms with Gasteiger partial charge in [-0.25, -0.2) is 4.98 Å². The molecule has 1 aromatic carbocycles. The van der Waals surface area contributed by atoms with Crippen LogP contribution in [0.4, 0.5) is 11.5 Å². The van der Waals surface area contributed by atoms with E-state index in [9.17, 15) is 0 Å². The largest absolute Gasteiger partial charge is 0.437 e. The summed E-state index contributed by atoms with van der Waals surface area (Å²) in [6.07, 6.45) is 2.52. The third kappa shape index (κ3) is 3.53. The van der Waals surface area contributed by atoms with Gasteiger partial charge in [-0.3, -0.25) is 0 Å². The zero-order valence-corrected chi connectivity index (χ0v) is 13.7. The summed E-state index contributed by atoms with van der Waals surface area (Å²) >= 11 is 0. The standard InChI is InChI=1S/C17H23N5O/c1-3-13-4-6-14(7-5-13)23-17-15(18)16(19-12-20-17)22-10-8-21(2)9-11-22/h4-7,12H,3,8-11,18H2,1-2H3. The number of nitrogens with zero attached hydrogens (tertiary/aromatic N) is 4. The van der Waals surface area contributed by atoms with Crippen LogP contribution in [0.2, 0.25) is 0 Å². The van der Waals surface area contributed by atoms with Crippen LogP contribution in [0.3, 0.4) is 0 Å². The summed E-state index contributed by atoms with van der Waals surface area (Å²) in [4.78, 5) is 13.0. The Kier molecular flexibility index (Phi) is 4.62. The molecule has 1 aromatic heterocycles. The molecular formula is C17H23N5O. The molecule has 0 unspecified atom stereocenters. The molecule has 0 atom stereocenters. The van der Waals surface area contributed by atoms with Crippen LogP contribution < -0.4 is 15.4 Å². The Morgan fingerprint density at radius 2 is 1.78 bits per heavy atom. The molecule has 2 N–H and O–H groups in total. The fourth-order valence-electron chi connectivity index (χ4n) is 2.63. The van der Waals surface area contributed by atoms with E-state index in [1.54, 1.807) is 0 Å². The van der Waals surface area contributed by atoms with Crippen LogP contribution in [0, 0.1) is 0 Å². The lowest BCUT2D eigenvalue weighted by molar-refractivity contribution is 0.312. The second-order valence-corrected chi connectivity index (χ2v) is 5.81. The molecule has 0 aliphatic carbocycles. The number of hydrogen-bond acceptors (Lipinski definition) is 6. The quantitative estimate of drug-likeness (QED) is 0.933. The van der Waals surface area contributed by atoms with Crippen LogP contribution in [0.25, 0.3) is 0 Å². The number of anilines is 2. The average molecular weight is 313 g/mol. The van der Waals surface area contributed by atoms with Crippen molar-refractivity contribution in [1.29, 1.82) is 0 Å². The van der Waals surface area contributed by atoms with Gasteiger partial charge < -0.3 is 20.3 Å². The van der Waals surface area contributed by atoms with Crippen molar-refractivity contribution >= 4 is 11.5 Å². The van der Waals surface area contributed by atoms with Gasteiger partial charge in [-0.15, -0.1) is 0 Å². The molecule has 1 saturated heterocycles. The zero-order valence-electron chi connectivity index (χ0n) is 13.7. The van der Waals surface area contributed by atoms with Gasteiger partial charge in [0.05, 0.1) is 0 Å². The molecular weight excluding hydrogens is 290 g/mol. The van der Waals surface area contributed by atoms with Crippen molar-refractivity contribution in [3.05, 3.63) is 36.2 Å². The highest BCUT2D eigenvalue weighted by Gasteiger charge is 2.20. The van der Waals surface area contributed by atoms with Crippen molar-refractivity contribution in [2.45, 2.75) is 13.3 Å². The maximum atomic E-state index is 6.25. The first kappa shape index (κ1) is 15.6. The molecule has 0 spiro atoms. The van der Waals surface area contributed by atoms with Crippen LogP contribution in [0.15, 0.2) is 30.6 Å². The highest BCUT2D eigenvalue weighted by molar-refractivity contribution is 5.68. The molecule has 0 radical (unpaired) electrons. The summed E-state index contributed by atoms with van der Waals surface area (Å²) < 4.78 is 5.85. The predicted octanol–water partition coefficient (Wildman–Crippen LogP) is 2.17. The van der Waals surface area contributed by atoms with Crippen molar-refractivity contribution in [1.82, 2.24) is 14.9 Å². The summed E-state index contributed by atoms with van der Waals surface area (Å²) in [6.45, 7) is 5.93. The maximum Gasteiger partial charge on any atom is 0.248 e. The third-order valence-corrected chi connectivity index (χ3v) is 4.18. The summed E-state index contributed by atoms with van der Waals surface area (Å²) in [5.74, 6) is 1.91. The van der Waals surface area contributed by atoms with Crippen LogP contribution in [-0.4, -0.2) is 48.1 Å². The molecule has 0 amide bonds. The van der Waals surface area contributed by atoms with Gasteiger partial charge in [-0.05, 0) is 31.2 Å². The summed E-state index contributed by atoms with van der Waals surface area (Å²) in [5, 5.41) is 0. The van der Waals surface area contributed by atoms with E-state index in [0.717, 1.165) is 44.2 Å². The second-order valence-electron chi connectivity index (χ2n) is 5.81. The first-order valence-corrected chi connectivity index (χ1v) is 7.98. The van der Waals surface area contributed by atoms with Gasteiger partial charge in [-0.2, -0.15) is 4.98 Å². The van der Waals surface area contributed by atoms with E-state index in [2.05, 4.69) is 33.7 Å². The second kappa shape index (κ2) is 6.83. The molecule has 23 heavy (non-hydrogen) atoms. The van der Waals surface area contributed by atoms with E-state index in [1.807, 2.05) is 24.3 Å². The number of likely N-dealkylation sites (N-methyl/N-ethyl adjacent to an activating group) is 1. The summed E-state index contributed by atoms with van der Waals surface area (Å²) in [5.41, 5.74) is 8.01. The number of rotatable bonds is 4. The Morgan fingerprint density at radius 1 is 1.09 bits per heavy atom. The molecule has 0 bridgehead atoms. The van der Waals surface area contributed by atoms with E-state index in [0.29, 0.717) is 11.6 Å². The van der Waals surface area contributed by atoms with Gasteiger partial charge in [-0.1, -0.05) is 19.1 Å². The number of nitrogens with two attached hydrogens (primary N) is 1. The number of nitrogen functional groups attached to an aromatic ring is 1. The lowest BCUT2D eigenvalue weighted by Crippen LogP contribution is -2.45. The van der Waals surface area contributed by atoms with Crippen molar-refractivity contribution in [3.63, 3.8) is 0 Å². The Morgan fingerprint density at radius 3 is 2.43 bits per heavy atom. The van der Waals surface area contributed by atoms with Gasteiger partial charge in [0.1, 0.15) is 17.8 Å². The number of hydrogen-bond donors (Lipinski definition) is 1. The third-order valence-electron chi connectivity index (χ3n) is 4.18. The van der Waals surface area contributed by atoms with Gasteiger partial charge in [0.15, 0.2) is 5.82 Å². The van der Waals surface area contributed by atoms with Gasteiger partial charge in [0, 0.05) is 26.2 Å². The fraction of sp³-hybridized carbons (Fsp3) is 0.412. The number of benzene rings is 1. The van der Waals surface area contributed by atoms with Gasteiger partial charge >= 0.3 is 0 Å². The SMILES string of the molecule is CCc1ccc(Oc2ncnc(N3CCN(C)CC3)c2N)cc1. The topological polar surface area (TPSA) is 67.5 Å². The van der Waals surface area contributed by atoms with Crippen molar-refractivity contribution in [2.24, 2.45) is 0 Å². The summed E-state index contributed by atoms with van der Waals surface area (Å²) in [7, 11) is 2.12. The minimum absolute atomic E-state index is 0.415. The first-order valence-electron chi connectivity index (χ1n) is 7.98. The van der Waals surface area contributed by atoms with Crippen molar-refractivity contribution in [3.8, 4) is 11.6 Å². The predicted molar refractivity (Wildman–Crippen MR) is 92.0 cm³/mol. The first-order chi connectivity index (χ1) is 11.2.